The first-order valence-corrected chi connectivity index (χ1v) is 6.81. The molecule has 1 aromatic carbocycles. The van der Waals surface area contributed by atoms with Crippen LogP contribution in [0.15, 0.2) is 30.3 Å². The zero-order valence-electron chi connectivity index (χ0n) is 11.0. The van der Waals surface area contributed by atoms with E-state index in [0.29, 0.717) is 18.3 Å². The standard InChI is InChI=1S/C15H22N2O/c1-12(13-7-9-16-10-8-13)11-15(18)17-14-5-3-2-4-6-14/h2-6,12-13,16H,7-11H2,1H3,(H,17,18). The van der Waals surface area contributed by atoms with Crippen molar-refractivity contribution in [1.82, 2.24) is 5.32 Å². The summed E-state index contributed by atoms with van der Waals surface area (Å²) in [4.78, 5) is 11.9. The first kappa shape index (κ1) is 13.1. The molecule has 1 atom stereocenters. The van der Waals surface area contributed by atoms with Crippen LogP contribution in [-0.4, -0.2) is 19.0 Å². The van der Waals surface area contributed by atoms with Crippen molar-refractivity contribution in [3.63, 3.8) is 0 Å². The third-order valence-electron chi connectivity index (χ3n) is 3.75. The molecule has 1 heterocycles. The average molecular weight is 246 g/mol. The lowest BCUT2D eigenvalue weighted by Crippen LogP contribution is -2.32. The van der Waals surface area contributed by atoms with Crippen LogP contribution in [0.5, 0.6) is 0 Å². The van der Waals surface area contributed by atoms with E-state index in [4.69, 9.17) is 0 Å². The maximum absolute atomic E-state index is 11.9. The highest BCUT2D eigenvalue weighted by molar-refractivity contribution is 5.90. The second kappa shape index (κ2) is 6.55. The van der Waals surface area contributed by atoms with Crippen molar-refractivity contribution in [2.75, 3.05) is 18.4 Å². The van der Waals surface area contributed by atoms with E-state index in [2.05, 4.69) is 17.6 Å². The number of nitrogens with one attached hydrogen (secondary N) is 2. The minimum Gasteiger partial charge on any atom is -0.326 e. The van der Waals surface area contributed by atoms with Gasteiger partial charge in [0.25, 0.3) is 0 Å². The van der Waals surface area contributed by atoms with Crippen molar-refractivity contribution in [3.05, 3.63) is 30.3 Å². The summed E-state index contributed by atoms with van der Waals surface area (Å²) in [6.07, 6.45) is 3.01. The van der Waals surface area contributed by atoms with Crippen LogP contribution in [0.1, 0.15) is 26.2 Å². The molecule has 1 aliphatic rings. The van der Waals surface area contributed by atoms with Gasteiger partial charge in [-0.15, -0.1) is 0 Å². The Morgan fingerprint density at radius 1 is 1.33 bits per heavy atom. The van der Waals surface area contributed by atoms with E-state index in [9.17, 15) is 4.79 Å². The molecule has 0 aliphatic carbocycles. The lowest BCUT2D eigenvalue weighted by Gasteiger charge is -2.27. The molecule has 0 spiro atoms. The van der Waals surface area contributed by atoms with Gasteiger partial charge in [0.05, 0.1) is 0 Å². The molecule has 3 nitrogen and oxygen atoms in total. The Kier molecular flexibility index (Phi) is 4.76. The molecule has 98 valence electrons. The second-order valence-electron chi connectivity index (χ2n) is 5.18. The fourth-order valence-electron chi connectivity index (χ4n) is 2.61. The minimum atomic E-state index is 0.132. The Morgan fingerprint density at radius 2 is 2.00 bits per heavy atom. The number of rotatable bonds is 4. The van der Waals surface area contributed by atoms with E-state index in [-0.39, 0.29) is 5.91 Å². The molecule has 1 aromatic rings. The van der Waals surface area contributed by atoms with E-state index >= 15 is 0 Å². The Hall–Kier alpha value is -1.35. The fourth-order valence-corrected chi connectivity index (χ4v) is 2.61. The van der Waals surface area contributed by atoms with Gasteiger partial charge >= 0.3 is 0 Å². The second-order valence-corrected chi connectivity index (χ2v) is 5.18. The molecule has 2 rings (SSSR count). The summed E-state index contributed by atoms with van der Waals surface area (Å²) in [7, 11) is 0. The quantitative estimate of drug-likeness (QED) is 0.857. The molecule has 0 bridgehead atoms. The van der Waals surface area contributed by atoms with Crippen LogP contribution < -0.4 is 10.6 Å². The van der Waals surface area contributed by atoms with Crippen molar-refractivity contribution < 1.29 is 4.79 Å². The van der Waals surface area contributed by atoms with E-state index < -0.39 is 0 Å². The summed E-state index contributed by atoms with van der Waals surface area (Å²) in [6, 6.07) is 9.67. The lowest BCUT2D eigenvalue weighted by molar-refractivity contribution is -0.117. The van der Waals surface area contributed by atoms with E-state index in [0.717, 1.165) is 18.8 Å². The predicted molar refractivity (Wildman–Crippen MR) is 74.4 cm³/mol. The molecular formula is C15H22N2O. The third-order valence-corrected chi connectivity index (χ3v) is 3.75. The first-order valence-electron chi connectivity index (χ1n) is 6.81. The van der Waals surface area contributed by atoms with Crippen molar-refractivity contribution >= 4 is 11.6 Å². The molecule has 1 amide bonds. The molecule has 0 saturated carbocycles. The topological polar surface area (TPSA) is 41.1 Å². The van der Waals surface area contributed by atoms with Crippen LogP contribution in [-0.2, 0) is 4.79 Å². The van der Waals surface area contributed by atoms with Gasteiger partial charge in [-0.2, -0.15) is 0 Å². The van der Waals surface area contributed by atoms with Gasteiger partial charge in [0.1, 0.15) is 0 Å². The zero-order chi connectivity index (χ0) is 12.8. The van der Waals surface area contributed by atoms with Crippen LogP contribution in [0.25, 0.3) is 0 Å². The van der Waals surface area contributed by atoms with Crippen LogP contribution in [0.2, 0.25) is 0 Å². The maximum Gasteiger partial charge on any atom is 0.224 e. The molecule has 3 heteroatoms. The molecule has 2 N–H and O–H groups in total. The summed E-state index contributed by atoms with van der Waals surface area (Å²) in [5.41, 5.74) is 0.889. The van der Waals surface area contributed by atoms with E-state index in [1.807, 2.05) is 30.3 Å². The minimum absolute atomic E-state index is 0.132. The summed E-state index contributed by atoms with van der Waals surface area (Å²) in [5, 5.41) is 6.32. The fraction of sp³-hybridized carbons (Fsp3) is 0.533. The predicted octanol–water partition coefficient (Wildman–Crippen LogP) is 2.65. The zero-order valence-corrected chi connectivity index (χ0v) is 11.0. The molecule has 1 fully saturated rings. The Labute approximate surface area is 109 Å². The highest BCUT2D eigenvalue weighted by atomic mass is 16.1. The molecule has 1 aliphatic heterocycles. The normalized spacial score (nSPS) is 18.3. The van der Waals surface area contributed by atoms with Gasteiger partial charge in [0.2, 0.25) is 5.91 Å². The van der Waals surface area contributed by atoms with Crippen molar-refractivity contribution in [3.8, 4) is 0 Å². The Morgan fingerprint density at radius 3 is 2.67 bits per heavy atom. The largest absolute Gasteiger partial charge is 0.326 e. The highest BCUT2D eigenvalue weighted by Crippen LogP contribution is 2.24. The number of hydrogen-bond donors (Lipinski definition) is 2. The Bertz CT molecular complexity index is 371. The molecule has 0 radical (unpaired) electrons. The summed E-state index contributed by atoms with van der Waals surface area (Å²) < 4.78 is 0. The monoisotopic (exact) mass is 246 g/mol. The van der Waals surface area contributed by atoms with E-state index in [1.165, 1.54) is 12.8 Å². The van der Waals surface area contributed by atoms with E-state index in [1.54, 1.807) is 0 Å². The molecule has 1 saturated heterocycles. The van der Waals surface area contributed by atoms with Crippen molar-refractivity contribution in [2.24, 2.45) is 11.8 Å². The summed E-state index contributed by atoms with van der Waals surface area (Å²) >= 11 is 0. The van der Waals surface area contributed by atoms with Gasteiger partial charge in [-0.25, -0.2) is 0 Å². The van der Waals surface area contributed by atoms with Crippen molar-refractivity contribution in [2.45, 2.75) is 26.2 Å². The number of amides is 1. The van der Waals surface area contributed by atoms with Crippen LogP contribution >= 0.6 is 0 Å². The molecule has 18 heavy (non-hydrogen) atoms. The average Bonchev–Trinajstić information content (AvgIpc) is 2.40. The molecule has 0 aromatic heterocycles. The lowest BCUT2D eigenvalue weighted by atomic mass is 9.84. The van der Waals surface area contributed by atoms with Crippen LogP contribution in [0, 0.1) is 11.8 Å². The van der Waals surface area contributed by atoms with Gasteiger partial charge in [-0.3, -0.25) is 4.79 Å². The van der Waals surface area contributed by atoms with Crippen LogP contribution in [0.3, 0.4) is 0 Å². The summed E-state index contributed by atoms with van der Waals surface area (Å²) in [6.45, 7) is 4.38. The van der Waals surface area contributed by atoms with Gasteiger partial charge < -0.3 is 10.6 Å². The third kappa shape index (κ3) is 3.84. The van der Waals surface area contributed by atoms with Gasteiger partial charge in [-0.05, 0) is 49.9 Å². The van der Waals surface area contributed by atoms with Crippen molar-refractivity contribution in [1.29, 1.82) is 0 Å². The number of piperidine rings is 1. The first-order chi connectivity index (χ1) is 8.75. The number of hydrogen-bond acceptors (Lipinski definition) is 2. The number of para-hydroxylation sites is 1. The highest BCUT2D eigenvalue weighted by Gasteiger charge is 2.21. The molecule has 1 unspecified atom stereocenters. The maximum atomic E-state index is 11.9. The van der Waals surface area contributed by atoms with Crippen LogP contribution in [0.4, 0.5) is 5.69 Å². The Balaban J connectivity index is 1.79. The summed E-state index contributed by atoms with van der Waals surface area (Å²) in [5.74, 6) is 1.29. The van der Waals surface area contributed by atoms with Gasteiger partial charge in [-0.1, -0.05) is 25.1 Å². The van der Waals surface area contributed by atoms with Gasteiger partial charge in [0, 0.05) is 12.1 Å². The number of benzene rings is 1. The van der Waals surface area contributed by atoms with Gasteiger partial charge in [0.15, 0.2) is 0 Å². The number of anilines is 1. The number of carbonyl (C=O) groups is 1. The SMILES string of the molecule is CC(CC(=O)Nc1ccccc1)C1CCNCC1. The smallest absolute Gasteiger partial charge is 0.224 e. The number of carbonyl (C=O) groups excluding carboxylic acids is 1. The molecular weight excluding hydrogens is 224 g/mol.